The smallest absolute Gasteiger partial charge is 0.169 e. The van der Waals surface area contributed by atoms with Gasteiger partial charge in [-0.2, -0.15) is 0 Å². The Morgan fingerprint density at radius 1 is 1.38 bits per heavy atom. The van der Waals surface area contributed by atoms with E-state index >= 15 is 0 Å². The van der Waals surface area contributed by atoms with Gasteiger partial charge in [-0.15, -0.1) is 0 Å². The minimum atomic E-state index is 0.427. The van der Waals surface area contributed by atoms with Crippen molar-refractivity contribution < 1.29 is 4.42 Å². The molecule has 1 heterocycles. The molecular formula is C10H10N2O. The average molecular weight is 174 g/mol. The van der Waals surface area contributed by atoms with Gasteiger partial charge in [0.15, 0.2) is 11.6 Å². The van der Waals surface area contributed by atoms with Gasteiger partial charge in [-0.3, -0.25) is 4.99 Å². The molecule has 0 aliphatic heterocycles. The van der Waals surface area contributed by atoms with E-state index in [2.05, 4.69) is 4.99 Å². The Bertz CT molecular complexity index is 424. The van der Waals surface area contributed by atoms with Gasteiger partial charge in [-0.25, -0.2) is 0 Å². The second kappa shape index (κ2) is 2.94. The first kappa shape index (κ1) is 7.86. The maximum Gasteiger partial charge on any atom is 0.169 e. The van der Waals surface area contributed by atoms with Crippen LogP contribution in [0.3, 0.4) is 0 Å². The number of hydrogen-bond acceptors (Lipinski definition) is 2. The summed E-state index contributed by atoms with van der Waals surface area (Å²) < 4.78 is 5.46. The molecule has 0 atom stereocenters. The molecule has 3 heteroatoms. The first-order valence-corrected chi connectivity index (χ1v) is 4.02. The zero-order valence-corrected chi connectivity index (χ0v) is 7.32. The predicted molar refractivity (Wildman–Crippen MR) is 52.9 cm³/mol. The van der Waals surface area contributed by atoms with Gasteiger partial charge in [0.25, 0.3) is 0 Å². The standard InChI is InChI=1S/C10H10N2O/c1-12-10(11)9-6-7-4-2-3-5-8(7)13-9/h2-6H,1H3,(H2,11,12). The van der Waals surface area contributed by atoms with E-state index in [1.54, 1.807) is 7.05 Å². The van der Waals surface area contributed by atoms with Gasteiger partial charge in [-0.1, -0.05) is 18.2 Å². The van der Waals surface area contributed by atoms with Crippen LogP contribution in [-0.2, 0) is 0 Å². The van der Waals surface area contributed by atoms with Crippen molar-refractivity contribution in [3.05, 3.63) is 36.1 Å². The van der Waals surface area contributed by atoms with Crippen LogP contribution >= 0.6 is 0 Å². The Hall–Kier alpha value is -1.77. The topological polar surface area (TPSA) is 51.5 Å². The molecule has 2 aromatic rings. The summed E-state index contributed by atoms with van der Waals surface area (Å²) in [5.41, 5.74) is 6.45. The van der Waals surface area contributed by atoms with Crippen LogP contribution < -0.4 is 5.73 Å². The molecule has 0 aliphatic carbocycles. The number of fused-ring (bicyclic) bond motifs is 1. The molecular weight excluding hydrogens is 164 g/mol. The number of amidine groups is 1. The van der Waals surface area contributed by atoms with E-state index in [1.807, 2.05) is 30.3 Å². The molecule has 0 saturated heterocycles. The fourth-order valence-corrected chi connectivity index (χ4v) is 1.22. The van der Waals surface area contributed by atoms with E-state index in [1.165, 1.54) is 0 Å². The quantitative estimate of drug-likeness (QED) is 0.529. The number of para-hydroxylation sites is 1. The van der Waals surface area contributed by atoms with Gasteiger partial charge >= 0.3 is 0 Å². The fourth-order valence-electron chi connectivity index (χ4n) is 1.22. The highest BCUT2D eigenvalue weighted by Gasteiger charge is 2.04. The van der Waals surface area contributed by atoms with Crippen molar-refractivity contribution in [2.45, 2.75) is 0 Å². The number of rotatable bonds is 1. The summed E-state index contributed by atoms with van der Waals surface area (Å²) in [6.45, 7) is 0. The van der Waals surface area contributed by atoms with Gasteiger partial charge in [-0.05, 0) is 12.1 Å². The van der Waals surface area contributed by atoms with Crippen LogP contribution in [0.15, 0.2) is 39.7 Å². The second-order valence-corrected chi connectivity index (χ2v) is 2.76. The first-order valence-electron chi connectivity index (χ1n) is 4.02. The number of nitrogens with zero attached hydrogens (tertiary/aromatic N) is 1. The van der Waals surface area contributed by atoms with E-state index in [0.29, 0.717) is 11.6 Å². The van der Waals surface area contributed by atoms with Crippen molar-refractivity contribution in [2.24, 2.45) is 10.7 Å². The Labute approximate surface area is 75.9 Å². The van der Waals surface area contributed by atoms with Crippen LogP contribution in [0, 0.1) is 0 Å². The van der Waals surface area contributed by atoms with Gasteiger partial charge < -0.3 is 10.2 Å². The molecule has 1 aromatic carbocycles. The Kier molecular flexibility index (Phi) is 1.77. The summed E-state index contributed by atoms with van der Waals surface area (Å²) in [7, 11) is 1.64. The van der Waals surface area contributed by atoms with Crippen molar-refractivity contribution in [1.29, 1.82) is 0 Å². The van der Waals surface area contributed by atoms with Crippen molar-refractivity contribution in [3.63, 3.8) is 0 Å². The lowest BCUT2D eigenvalue weighted by Gasteiger charge is -1.90. The zero-order chi connectivity index (χ0) is 9.26. The summed E-state index contributed by atoms with van der Waals surface area (Å²) in [5.74, 6) is 1.06. The normalized spacial score (nSPS) is 12.2. The molecule has 1 aromatic heterocycles. The predicted octanol–water partition coefficient (Wildman–Crippen LogP) is 1.77. The van der Waals surface area contributed by atoms with Crippen LogP contribution in [0.2, 0.25) is 0 Å². The van der Waals surface area contributed by atoms with E-state index < -0.39 is 0 Å². The molecule has 2 N–H and O–H groups in total. The van der Waals surface area contributed by atoms with Gasteiger partial charge in [0, 0.05) is 12.4 Å². The lowest BCUT2D eigenvalue weighted by Crippen LogP contribution is -2.11. The van der Waals surface area contributed by atoms with E-state index in [0.717, 1.165) is 11.0 Å². The highest BCUT2D eigenvalue weighted by Crippen LogP contribution is 2.18. The van der Waals surface area contributed by atoms with E-state index in [-0.39, 0.29) is 0 Å². The molecule has 0 fully saturated rings. The molecule has 2 rings (SSSR count). The molecule has 3 nitrogen and oxygen atoms in total. The van der Waals surface area contributed by atoms with Gasteiger partial charge in [0.1, 0.15) is 5.58 Å². The van der Waals surface area contributed by atoms with Crippen LogP contribution in [0.25, 0.3) is 11.0 Å². The maximum atomic E-state index is 5.61. The lowest BCUT2D eigenvalue weighted by molar-refractivity contribution is 0.603. The maximum absolute atomic E-state index is 5.61. The third-order valence-electron chi connectivity index (χ3n) is 1.92. The summed E-state index contributed by atoms with van der Waals surface area (Å²) in [6.07, 6.45) is 0. The molecule has 13 heavy (non-hydrogen) atoms. The minimum Gasteiger partial charge on any atom is -0.453 e. The summed E-state index contributed by atoms with van der Waals surface area (Å²) in [6, 6.07) is 9.65. The number of furan rings is 1. The molecule has 0 spiro atoms. The van der Waals surface area contributed by atoms with E-state index in [9.17, 15) is 0 Å². The zero-order valence-electron chi connectivity index (χ0n) is 7.32. The Balaban J connectivity index is 2.62. The molecule has 0 saturated carbocycles. The fraction of sp³-hybridized carbons (Fsp3) is 0.100. The number of hydrogen-bond donors (Lipinski definition) is 1. The molecule has 0 aliphatic rings. The highest BCUT2D eigenvalue weighted by atomic mass is 16.3. The average Bonchev–Trinajstić information content (AvgIpc) is 2.59. The van der Waals surface area contributed by atoms with Crippen LogP contribution in [-0.4, -0.2) is 12.9 Å². The lowest BCUT2D eigenvalue weighted by atomic mass is 10.2. The van der Waals surface area contributed by atoms with E-state index in [4.69, 9.17) is 10.2 Å². The summed E-state index contributed by atoms with van der Waals surface area (Å²) >= 11 is 0. The Morgan fingerprint density at radius 3 is 2.85 bits per heavy atom. The van der Waals surface area contributed by atoms with Crippen LogP contribution in [0.1, 0.15) is 5.76 Å². The number of aliphatic imine (C=N–C) groups is 1. The van der Waals surface area contributed by atoms with Crippen molar-refractivity contribution in [1.82, 2.24) is 0 Å². The number of nitrogens with two attached hydrogens (primary N) is 1. The molecule has 0 amide bonds. The molecule has 66 valence electrons. The third-order valence-corrected chi connectivity index (χ3v) is 1.92. The minimum absolute atomic E-state index is 0.427. The molecule has 0 unspecified atom stereocenters. The SMILES string of the molecule is CN=C(N)c1cc2ccccc2o1. The van der Waals surface area contributed by atoms with Gasteiger partial charge in [0.2, 0.25) is 0 Å². The monoisotopic (exact) mass is 174 g/mol. The Morgan fingerprint density at radius 2 is 2.15 bits per heavy atom. The summed E-state index contributed by atoms with van der Waals surface area (Å²) in [5, 5.41) is 1.05. The third kappa shape index (κ3) is 1.28. The molecule has 0 radical (unpaired) electrons. The van der Waals surface area contributed by atoms with Crippen molar-refractivity contribution >= 4 is 16.8 Å². The largest absolute Gasteiger partial charge is 0.453 e. The van der Waals surface area contributed by atoms with Crippen LogP contribution in [0.4, 0.5) is 0 Å². The molecule has 0 bridgehead atoms. The highest BCUT2D eigenvalue weighted by molar-refractivity contribution is 5.98. The van der Waals surface area contributed by atoms with Crippen LogP contribution in [0.5, 0.6) is 0 Å². The number of benzene rings is 1. The summed E-state index contributed by atoms with van der Waals surface area (Å²) in [4.78, 5) is 3.85. The van der Waals surface area contributed by atoms with Gasteiger partial charge in [0.05, 0.1) is 0 Å². The van der Waals surface area contributed by atoms with Crippen molar-refractivity contribution in [2.75, 3.05) is 7.05 Å². The van der Waals surface area contributed by atoms with Crippen molar-refractivity contribution in [3.8, 4) is 0 Å². The second-order valence-electron chi connectivity index (χ2n) is 2.76. The first-order chi connectivity index (χ1) is 6.31.